The van der Waals surface area contributed by atoms with Crippen LogP contribution in [0.15, 0.2) is 18.2 Å². The number of aryl methyl sites for hydroxylation is 1. The number of likely N-dealkylation sites (N-methyl/N-ethyl adjacent to an activating group) is 1. The van der Waals surface area contributed by atoms with Gasteiger partial charge >= 0.3 is 0 Å². The van der Waals surface area contributed by atoms with Crippen LogP contribution in [-0.2, 0) is 13.0 Å². The molecular formula is C16H24ClN3. The first-order valence-corrected chi connectivity index (χ1v) is 7.99. The summed E-state index contributed by atoms with van der Waals surface area (Å²) in [7, 11) is 0. The third-order valence-corrected chi connectivity index (χ3v) is 3.79. The number of rotatable bonds is 8. The molecule has 0 aliphatic carbocycles. The fourth-order valence-corrected chi connectivity index (χ4v) is 2.66. The molecule has 0 fully saturated rings. The van der Waals surface area contributed by atoms with Gasteiger partial charge in [0.1, 0.15) is 5.82 Å². The predicted octanol–water partition coefficient (Wildman–Crippen LogP) is 4.03. The Kier molecular flexibility index (Phi) is 5.86. The molecule has 0 saturated heterocycles. The minimum Gasteiger partial charge on any atom is -0.328 e. The van der Waals surface area contributed by atoms with Gasteiger partial charge in [0.15, 0.2) is 0 Å². The van der Waals surface area contributed by atoms with E-state index in [9.17, 15) is 0 Å². The van der Waals surface area contributed by atoms with Gasteiger partial charge in [0, 0.05) is 24.5 Å². The monoisotopic (exact) mass is 293 g/mol. The lowest BCUT2D eigenvalue weighted by molar-refractivity contribution is 0.581. The van der Waals surface area contributed by atoms with E-state index in [1.807, 2.05) is 12.1 Å². The van der Waals surface area contributed by atoms with E-state index in [1.165, 1.54) is 30.6 Å². The maximum Gasteiger partial charge on any atom is 0.111 e. The van der Waals surface area contributed by atoms with Crippen LogP contribution in [0.1, 0.15) is 38.9 Å². The summed E-state index contributed by atoms with van der Waals surface area (Å²) < 4.78 is 2.36. The van der Waals surface area contributed by atoms with Crippen molar-refractivity contribution in [3.8, 4) is 0 Å². The van der Waals surface area contributed by atoms with Gasteiger partial charge in [-0.2, -0.15) is 0 Å². The van der Waals surface area contributed by atoms with E-state index in [2.05, 4.69) is 29.8 Å². The number of nitrogens with one attached hydrogen (secondary N) is 1. The average molecular weight is 294 g/mol. The second-order valence-corrected chi connectivity index (χ2v) is 5.56. The Labute approximate surface area is 126 Å². The lowest BCUT2D eigenvalue weighted by Crippen LogP contribution is -2.18. The minimum atomic E-state index is 0.758. The quantitative estimate of drug-likeness (QED) is 0.745. The van der Waals surface area contributed by atoms with E-state index >= 15 is 0 Å². The number of hydrogen-bond donors (Lipinski definition) is 1. The van der Waals surface area contributed by atoms with Crippen molar-refractivity contribution in [2.45, 2.75) is 46.1 Å². The number of aromatic nitrogens is 2. The lowest BCUT2D eigenvalue weighted by atomic mass is 10.2. The van der Waals surface area contributed by atoms with Crippen LogP contribution in [0.3, 0.4) is 0 Å². The highest BCUT2D eigenvalue weighted by atomic mass is 35.5. The summed E-state index contributed by atoms with van der Waals surface area (Å²) in [5.41, 5.74) is 2.22. The first-order valence-electron chi connectivity index (χ1n) is 7.61. The highest BCUT2D eigenvalue weighted by molar-refractivity contribution is 6.31. The van der Waals surface area contributed by atoms with Gasteiger partial charge in [-0.05, 0) is 31.2 Å². The number of halogens is 1. The first kappa shape index (κ1) is 15.3. The van der Waals surface area contributed by atoms with E-state index < -0.39 is 0 Å². The molecule has 1 heterocycles. The van der Waals surface area contributed by atoms with E-state index in [-0.39, 0.29) is 0 Å². The molecule has 1 aromatic carbocycles. The van der Waals surface area contributed by atoms with Crippen molar-refractivity contribution < 1.29 is 0 Å². The zero-order chi connectivity index (χ0) is 14.4. The summed E-state index contributed by atoms with van der Waals surface area (Å²) in [6.07, 6.45) is 4.68. The second kappa shape index (κ2) is 7.65. The minimum absolute atomic E-state index is 0.758. The summed E-state index contributed by atoms with van der Waals surface area (Å²) in [5, 5.41) is 4.13. The summed E-state index contributed by atoms with van der Waals surface area (Å²) in [6, 6.07) is 6.01. The molecule has 2 aromatic rings. The molecule has 0 aliphatic heterocycles. The zero-order valence-corrected chi connectivity index (χ0v) is 13.2. The van der Waals surface area contributed by atoms with Crippen molar-refractivity contribution in [1.29, 1.82) is 0 Å². The number of hydrogen-bond acceptors (Lipinski definition) is 2. The first-order chi connectivity index (χ1) is 9.76. The standard InChI is InChI=1S/C16H24ClN3/c1-3-5-6-11-20-15-8-7-13(17)12-14(15)19-16(20)9-10-18-4-2/h7-8,12,18H,3-6,9-11H2,1-2H3. The highest BCUT2D eigenvalue weighted by Crippen LogP contribution is 2.21. The van der Waals surface area contributed by atoms with E-state index in [1.54, 1.807) is 0 Å². The van der Waals surface area contributed by atoms with Crippen LogP contribution in [-0.4, -0.2) is 22.6 Å². The molecule has 0 saturated carbocycles. The molecule has 110 valence electrons. The molecule has 20 heavy (non-hydrogen) atoms. The topological polar surface area (TPSA) is 29.9 Å². The van der Waals surface area contributed by atoms with Gasteiger partial charge in [-0.15, -0.1) is 0 Å². The van der Waals surface area contributed by atoms with Crippen molar-refractivity contribution in [3.05, 3.63) is 29.0 Å². The summed E-state index contributed by atoms with van der Waals surface area (Å²) in [6.45, 7) is 7.39. The highest BCUT2D eigenvalue weighted by Gasteiger charge is 2.10. The molecule has 0 bridgehead atoms. The van der Waals surface area contributed by atoms with Crippen LogP contribution in [0.4, 0.5) is 0 Å². The smallest absolute Gasteiger partial charge is 0.111 e. The molecule has 0 radical (unpaired) electrons. The summed E-state index contributed by atoms with van der Waals surface area (Å²) in [5.74, 6) is 1.17. The predicted molar refractivity (Wildman–Crippen MR) is 86.5 cm³/mol. The van der Waals surface area contributed by atoms with Crippen molar-refractivity contribution in [1.82, 2.24) is 14.9 Å². The van der Waals surface area contributed by atoms with Crippen LogP contribution < -0.4 is 5.32 Å². The normalized spacial score (nSPS) is 11.3. The Bertz CT molecular complexity index is 548. The molecule has 1 aromatic heterocycles. The largest absolute Gasteiger partial charge is 0.328 e. The lowest BCUT2D eigenvalue weighted by Gasteiger charge is -2.09. The van der Waals surface area contributed by atoms with Gasteiger partial charge in [0.25, 0.3) is 0 Å². The number of nitrogens with zero attached hydrogens (tertiary/aromatic N) is 2. The van der Waals surface area contributed by atoms with E-state index in [4.69, 9.17) is 16.6 Å². The van der Waals surface area contributed by atoms with Crippen molar-refractivity contribution >= 4 is 22.6 Å². The van der Waals surface area contributed by atoms with Crippen LogP contribution in [0, 0.1) is 0 Å². The third-order valence-electron chi connectivity index (χ3n) is 3.55. The maximum absolute atomic E-state index is 6.07. The van der Waals surface area contributed by atoms with Crippen LogP contribution >= 0.6 is 11.6 Å². The molecule has 0 amide bonds. The van der Waals surface area contributed by atoms with Crippen molar-refractivity contribution in [2.24, 2.45) is 0 Å². The number of imidazole rings is 1. The molecule has 4 heteroatoms. The number of benzene rings is 1. The Morgan fingerprint density at radius 3 is 2.85 bits per heavy atom. The fraction of sp³-hybridized carbons (Fsp3) is 0.562. The van der Waals surface area contributed by atoms with Gasteiger partial charge in [-0.3, -0.25) is 0 Å². The van der Waals surface area contributed by atoms with Crippen LogP contribution in [0.5, 0.6) is 0 Å². The Hall–Kier alpha value is -1.06. The van der Waals surface area contributed by atoms with Crippen molar-refractivity contribution in [2.75, 3.05) is 13.1 Å². The maximum atomic E-state index is 6.07. The summed E-state index contributed by atoms with van der Waals surface area (Å²) in [4.78, 5) is 4.76. The third kappa shape index (κ3) is 3.74. The second-order valence-electron chi connectivity index (χ2n) is 5.12. The van der Waals surface area contributed by atoms with E-state index in [0.29, 0.717) is 0 Å². The molecule has 0 atom stereocenters. The molecule has 0 unspecified atom stereocenters. The van der Waals surface area contributed by atoms with Gasteiger partial charge in [0.2, 0.25) is 0 Å². The fourth-order valence-electron chi connectivity index (χ4n) is 2.49. The molecule has 1 N–H and O–H groups in total. The average Bonchev–Trinajstić information content (AvgIpc) is 2.77. The molecule has 0 spiro atoms. The molecule has 3 nitrogen and oxygen atoms in total. The van der Waals surface area contributed by atoms with Crippen LogP contribution in [0.25, 0.3) is 11.0 Å². The Balaban J connectivity index is 2.24. The van der Waals surface area contributed by atoms with Crippen LogP contribution in [0.2, 0.25) is 5.02 Å². The SMILES string of the molecule is CCCCCn1c(CCNCC)nc2cc(Cl)ccc21. The van der Waals surface area contributed by atoms with Gasteiger partial charge in [-0.1, -0.05) is 38.3 Å². The summed E-state index contributed by atoms with van der Waals surface area (Å²) >= 11 is 6.07. The zero-order valence-electron chi connectivity index (χ0n) is 12.5. The van der Waals surface area contributed by atoms with Crippen molar-refractivity contribution in [3.63, 3.8) is 0 Å². The Morgan fingerprint density at radius 2 is 2.10 bits per heavy atom. The van der Waals surface area contributed by atoms with Gasteiger partial charge in [-0.25, -0.2) is 4.98 Å². The molecule has 2 rings (SSSR count). The Morgan fingerprint density at radius 1 is 1.25 bits per heavy atom. The number of unbranched alkanes of at least 4 members (excludes halogenated alkanes) is 2. The number of fused-ring (bicyclic) bond motifs is 1. The molecular weight excluding hydrogens is 270 g/mol. The van der Waals surface area contributed by atoms with E-state index in [0.717, 1.165) is 36.6 Å². The van der Waals surface area contributed by atoms with Gasteiger partial charge < -0.3 is 9.88 Å². The van der Waals surface area contributed by atoms with Gasteiger partial charge in [0.05, 0.1) is 11.0 Å². The molecule has 0 aliphatic rings.